The van der Waals surface area contributed by atoms with Crippen molar-refractivity contribution in [3.63, 3.8) is 0 Å². The minimum atomic E-state index is -0.118. The smallest absolute Gasteiger partial charge is 0.263 e. The van der Waals surface area contributed by atoms with E-state index in [1.54, 1.807) is 6.20 Å². The Hall–Kier alpha value is -3.59. The Morgan fingerprint density at radius 1 is 1.06 bits per heavy atom. The minimum absolute atomic E-state index is 0.118. The molecule has 3 aromatic heterocycles. The molecule has 0 aliphatic heterocycles. The fraction of sp³-hybridized carbons (Fsp3) is 0.227. The maximum Gasteiger partial charge on any atom is 0.263 e. The van der Waals surface area contributed by atoms with Crippen LogP contribution in [0.5, 0.6) is 0 Å². The lowest BCUT2D eigenvalue weighted by Gasteiger charge is -2.10. The first-order chi connectivity index (χ1) is 15.0. The molecule has 0 bridgehead atoms. The fourth-order valence-corrected chi connectivity index (χ4v) is 4.13. The standard InChI is InChI=1S/C22H23N7OS/c1-14-20(31-22(26-14)17-7-5-4-6-8-17)21(30)25-10-9-24-18-13-19(28-15(2)27-18)29-12-11-23-16(29)3/h4-8,11-13H,9-10H2,1-3H3,(H,25,30)(H,24,27,28). The third-order valence-electron chi connectivity index (χ3n) is 4.64. The number of amides is 1. The van der Waals surface area contributed by atoms with Crippen LogP contribution in [-0.4, -0.2) is 43.5 Å². The minimum Gasteiger partial charge on any atom is -0.368 e. The van der Waals surface area contributed by atoms with Crippen LogP contribution in [0.4, 0.5) is 5.82 Å². The van der Waals surface area contributed by atoms with Crippen LogP contribution < -0.4 is 10.6 Å². The summed E-state index contributed by atoms with van der Waals surface area (Å²) < 4.78 is 1.90. The highest BCUT2D eigenvalue weighted by Crippen LogP contribution is 2.27. The number of imidazole rings is 1. The second-order valence-corrected chi connectivity index (χ2v) is 7.98. The molecule has 0 unspecified atom stereocenters. The number of aryl methyl sites for hydroxylation is 3. The molecule has 1 aromatic carbocycles. The van der Waals surface area contributed by atoms with Gasteiger partial charge in [0.05, 0.1) is 5.69 Å². The average Bonchev–Trinajstić information content (AvgIpc) is 3.37. The first kappa shape index (κ1) is 20.7. The van der Waals surface area contributed by atoms with Gasteiger partial charge in [0, 0.05) is 37.1 Å². The molecule has 0 aliphatic carbocycles. The van der Waals surface area contributed by atoms with Crippen molar-refractivity contribution < 1.29 is 4.79 Å². The fourth-order valence-electron chi connectivity index (χ4n) is 3.14. The summed E-state index contributed by atoms with van der Waals surface area (Å²) in [4.78, 5) is 30.9. The van der Waals surface area contributed by atoms with E-state index in [2.05, 4.69) is 30.6 Å². The molecule has 0 saturated carbocycles. The lowest BCUT2D eigenvalue weighted by atomic mass is 10.2. The van der Waals surface area contributed by atoms with Gasteiger partial charge in [0.1, 0.15) is 33.2 Å². The normalized spacial score (nSPS) is 10.8. The summed E-state index contributed by atoms with van der Waals surface area (Å²) in [6.45, 7) is 6.62. The Kier molecular flexibility index (Phi) is 6.03. The third kappa shape index (κ3) is 4.77. The molecule has 2 N–H and O–H groups in total. The average molecular weight is 434 g/mol. The van der Waals surface area contributed by atoms with Crippen LogP contribution in [0.1, 0.15) is 27.0 Å². The molecule has 1 amide bonds. The van der Waals surface area contributed by atoms with Crippen molar-refractivity contribution in [2.24, 2.45) is 0 Å². The number of anilines is 1. The Labute approximate surface area is 184 Å². The third-order valence-corrected chi connectivity index (χ3v) is 5.84. The summed E-state index contributed by atoms with van der Waals surface area (Å²) in [6.07, 6.45) is 3.60. The quantitative estimate of drug-likeness (QED) is 0.433. The van der Waals surface area contributed by atoms with Crippen molar-refractivity contribution >= 4 is 23.1 Å². The van der Waals surface area contributed by atoms with Crippen LogP contribution in [0.2, 0.25) is 0 Å². The van der Waals surface area contributed by atoms with Crippen LogP contribution in [0.25, 0.3) is 16.4 Å². The molecule has 0 aliphatic rings. The number of carbonyl (C=O) groups excluding carboxylic acids is 1. The van der Waals surface area contributed by atoms with E-state index in [1.165, 1.54) is 11.3 Å². The van der Waals surface area contributed by atoms with E-state index in [1.807, 2.05) is 67.9 Å². The summed E-state index contributed by atoms with van der Waals surface area (Å²) in [5.74, 6) is 2.84. The molecule has 0 saturated heterocycles. The van der Waals surface area contributed by atoms with Gasteiger partial charge in [0.25, 0.3) is 5.91 Å². The molecule has 0 fully saturated rings. The number of hydrogen-bond acceptors (Lipinski definition) is 7. The van der Waals surface area contributed by atoms with Crippen molar-refractivity contribution in [3.8, 4) is 16.4 Å². The van der Waals surface area contributed by atoms with Crippen molar-refractivity contribution in [1.29, 1.82) is 0 Å². The monoisotopic (exact) mass is 433 g/mol. The second-order valence-electron chi connectivity index (χ2n) is 6.99. The van der Waals surface area contributed by atoms with Gasteiger partial charge in [-0.25, -0.2) is 19.9 Å². The van der Waals surface area contributed by atoms with E-state index in [0.29, 0.717) is 29.6 Å². The molecule has 4 rings (SSSR count). The number of aromatic nitrogens is 5. The van der Waals surface area contributed by atoms with Gasteiger partial charge in [0.15, 0.2) is 0 Å². The van der Waals surface area contributed by atoms with Crippen molar-refractivity contribution in [3.05, 3.63) is 71.0 Å². The summed E-state index contributed by atoms with van der Waals surface area (Å²) in [7, 11) is 0. The first-order valence-electron chi connectivity index (χ1n) is 9.92. The summed E-state index contributed by atoms with van der Waals surface area (Å²) >= 11 is 1.41. The van der Waals surface area contributed by atoms with Gasteiger partial charge in [0.2, 0.25) is 0 Å². The highest BCUT2D eigenvalue weighted by atomic mass is 32.1. The molecule has 31 heavy (non-hydrogen) atoms. The van der Waals surface area contributed by atoms with Gasteiger partial charge in [-0.15, -0.1) is 11.3 Å². The maximum atomic E-state index is 12.6. The molecule has 3 heterocycles. The molecular weight excluding hydrogens is 410 g/mol. The number of thiazole rings is 1. The highest BCUT2D eigenvalue weighted by Gasteiger charge is 2.15. The van der Waals surface area contributed by atoms with Crippen LogP contribution in [0, 0.1) is 20.8 Å². The number of hydrogen-bond donors (Lipinski definition) is 2. The topological polar surface area (TPSA) is 97.6 Å². The SMILES string of the molecule is Cc1nc(NCCNC(=O)c2sc(-c3ccccc3)nc2C)cc(-n2ccnc2C)n1. The van der Waals surface area contributed by atoms with Gasteiger partial charge in [-0.2, -0.15) is 0 Å². The summed E-state index contributed by atoms with van der Waals surface area (Å²) in [5, 5.41) is 7.05. The predicted octanol–water partition coefficient (Wildman–Crippen LogP) is 3.55. The zero-order chi connectivity index (χ0) is 21.8. The molecule has 8 nitrogen and oxygen atoms in total. The highest BCUT2D eigenvalue weighted by molar-refractivity contribution is 7.17. The molecular formula is C22H23N7OS. The maximum absolute atomic E-state index is 12.6. The van der Waals surface area contributed by atoms with E-state index >= 15 is 0 Å². The van der Waals surface area contributed by atoms with Crippen LogP contribution in [0.15, 0.2) is 48.8 Å². The number of benzene rings is 1. The number of nitrogens with one attached hydrogen (secondary N) is 2. The van der Waals surface area contributed by atoms with E-state index in [4.69, 9.17) is 0 Å². The number of carbonyl (C=O) groups is 1. The van der Waals surface area contributed by atoms with Crippen LogP contribution in [-0.2, 0) is 0 Å². The van der Waals surface area contributed by atoms with E-state index in [-0.39, 0.29) is 5.91 Å². The zero-order valence-corrected chi connectivity index (χ0v) is 18.4. The molecule has 0 radical (unpaired) electrons. The lowest BCUT2D eigenvalue weighted by Crippen LogP contribution is -2.28. The Balaban J connectivity index is 1.35. The second kappa shape index (κ2) is 9.05. The predicted molar refractivity (Wildman–Crippen MR) is 122 cm³/mol. The Morgan fingerprint density at radius 2 is 1.87 bits per heavy atom. The van der Waals surface area contributed by atoms with Crippen LogP contribution >= 0.6 is 11.3 Å². The van der Waals surface area contributed by atoms with Crippen molar-refractivity contribution in [2.45, 2.75) is 20.8 Å². The molecule has 0 atom stereocenters. The van der Waals surface area contributed by atoms with E-state index in [0.717, 1.165) is 27.9 Å². The lowest BCUT2D eigenvalue weighted by molar-refractivity contribution is 0.0958. The molecule has 158 valence electrons. The Morgan fingerprint density at radius 3 is 2.61 bits per heavy atom. The molecule has 4 aromatic rings. The van der Waals surface area contributed by atoms with Crippen molar-refractivity contribution in [1.82, 2.24) is 29.8 Å². The van der Waals surface area contributed by atoms with Gasteiger partial charge in [-0.05, 0) is 20.8 Å². The van der Waals surface area contributed by atoms with Crippen LogP contribution in [0.3, 0.4) is 0 Å². The van der Waals surface area contributed by atoms with E-state index < -0.39 is 0 Å². The molecule has 9 heteroatoms. The van der Waals surface area contributed by atoms with Gasteiger partial charge in [-0.1, -0.05) is 30.3 Å². The Bertz CT molecular complexity index is 1200. The van der Waals surface area contributed by atoms with Gasteiger partial charge >= 0.3 is 0 Å². The molecule has 0 spiro atoms. The summed E-state index contributed by atoms with van der Waals surface area (Å²) in [6, 6.07) is 11.7. The number of nitrogens with zero attached hydrogens (tertiary/aromatic N) is 5. The number of rotatable bonds is 7. The van der Waals surface area contributed by atoms with Gasteiger partial charge in [-0.3, -0.25) is 9.36 Å². The van der Waals surface area contributed by atoms with Gasteiger partial charge < -0.3 is 10.6 Å². The van der Waals surface area contributed by atoms with Crippen molar-refractivity contribution in [2.75, 3.05) is 18.4 Å². The first-order valence-corrected chi connectivity index (χ1v) is 10.7. The largest absolute Gasteiger partial charge is 0.368 e. The zero-order valence-electron chi connectivity index (χ0n) is 17.6. The summed E-state index contributed by atoms with van der Waals surface area (Å²) in [5.41, 5.74) is 1.75. The van der Waals surface area contributed by atoms with E-state index in [9.17, 15) is 4.79 Å².